The summed E-state index contributed by atoms with van der Waals surface area (Å²) in [7, 11) is 0. The maximum atomic E-state index is 12.1. The Morgan fingerprint density at radius 1 is 1.45 bits per heavy atom. The number of nitrogens with zero attached hydrogens (tertiary/aromatic N) is 2. The predicted octanol–water partition coefficient (Wildman–Crippen LogP) is 3.59. The minimum absolute atomic E-state index is 0.329. The van der Waals surface area contributed by atoms with E-state index in [9.17, 15) is 4.79 Å². The van der Waals surface area contributed by atoms with Crippen molar-refractivity contribution in [3.8, 4) is 0 Å². The van der Waals surface area contributed by atoms with E-state index in [1.165, 1.54) is 7.57 Å². The molecular weight excluding hydrogens is 379 g/mol. The van der Waals surface area contributed by atoms with Gasteiger partial charge in [-0.2, -0.15) is 0 Å². The third kappa shape index (κ3) is 3.19. The van der Waals surface area contributed by atoms with Gasteiger partial charge in [-0.3, -0.25) is 0 Å². The summed E-state index contributed by atoms with van der Waals surface area (Å²) < 4.78 is 9.29. The molecule has 0 aliphatic carbocycles. The van der Waals surface area contributed by atoms with Crippen LogP contribution in [0.1, 0.15) is 19.5 Å². The van der Waals surface area contributed by atoms with Gasteiger partial charge in [0.2, 0.25) is 0 Å². The third-order valence-electron chi connectivity index (χ3n) is 2.97. The Morgan fingerprint density at radius 2 is 2.10 bits per heavy atom. The van der Waals surface area contributed by atoms with E-state index in [4.69, 9.17) is 4.74 Å². The van der Waals surface area contributed by atoms with Gasteiger partial charge in [0, 0.05) is 0 Å². The first-order valence-electron chi connectivity index (χ1n) is 6.87. The number of thiophene rings is 1. The van der Waals surface area contributed by atoms with E-state index in [0.29, 0.717) is 12.5 Å². The van der Waals surface area contributed by atoms with Crippen LogP contribution >= 0.6 is 11.3 Å². The van der Waals surface area contributed by atoms with Crippen LogP contribution in [0.2, 0.25) is 14.8 Å². The minimum atomic E-state index is -2.11. The molecule has 0 aromatic carbocycles. The monoisotopic (exact) mass is 402 g/mol. The molecule has 0 aliphatic rings. The average Bonchev–Trinajstić information content (AvgIpc) is 2.87. The second-order valence-electron chi connectivity index (χ2n) is 6.54. The molecule has 0 fully saturated rings. The Labute approximate surface area is 128 Å². The van der Waals surface area contributed by atoms with Crippen LogP contribution in [-0.2, 0) is 4.74 Å². The van der Waals surface area contributed by atoms with Crippen LogP contribution < -0.4 is 2.89 Å². The average molecular weight is 401 g/mol. The van der Waals surface area contributed by atoms with Gasteiger partial charge in [-0.25, -0.2) is 0 Å². The van der Waals surface area contributed by atoms with Crippen molar-refractivity contribution in [3.63, 3.8) is 0 Å². The van der Waals surface area contributed by atoms with E-state index in [2.05, 4.69) is 26.0 Å². The molecule has 0 unspecified atom stereocenters. The Bertz CT molecular complexity index is 637. The van der Waals surface area contributed by atoms with Gasteiger partial charge in [0.1, 0.15) is 0 Å². The molecule has 2 rings (SSSR count). The molecule has 2 aromatic rings. The van der Waals surface area contributed by atoms with Crippen molar-refractivity contribution in [2.24, 2.45) is 5.92 Å². The quantitative estimate of drug-likeness (QED) is 0.739. The van der Waals surface area contributed by atoms with E-state index >= 15 is 0 Å². The van der Waals surface area contributed by atoms with Crippen molar-refractivity contribution in [2.75, 3.05) is 6.61 Å². The summed E-state index contributed by atoms with van der Waals surface area (Å²) in [5.74, 6) is 0.329. The normalized spacial score (nSPS) is 12.3. The number of fused-ring (bicyclic) bond motifs is 1. The summed E-state index contributed by atoms with van der Waals surface area (Å²) in [4.78, 5) is 19.3. The molecular formula is C14H22N2O2SSn. The van der Waals surface area contributed by atoms with Gasteiger partial charge in [-0.05, 0) is 0 Å². The first-order chi connectivity index (χ1) is 9.20. The van der Waals surface area contributed by atoms with Crippen LogP contribution in [0.15, 0.2) is 6.07 Å². The summed E-state index contributed by atoms with van der Waals surface area (Å²) in [6.07, 6.45) is -0.370. The molecule has 0 aliphatic heterocycles. The zero-order valence-corrected chi connectivity index (χ0v) is 16.7. The zero-order valence-electron chi connectivity index (χ0n) is 13.0. The number of rotatable bonds is 3. The Hall–Kier alpha value is -0.561. The predicted molar refractivity (Wildman–Crippen MR) is 86.9 cm³/mol. The first-order valence-corrected chi connectivity index (χ1v) is 17.7. The molecule has 20 heavy (non-hydrogen) atoms. The van der Waals surface area contributed by atoms with Crippen LogP contribution in [0.5, 0.6) is 0 Å². The Kier molecular flexibility index (Phi) is 4.49. The number of aromatic nitrogens is 2. The molecule has 0 atom stereocenters. The van der Waals surface area contributed by atoms with E-state index < -0.39 is 18.4 Å². The van der Waals surface area contributed by atoms with Gasteiger partial charge >= 0.3 is 128 Å². The second-order valence-corrected chi connectivity index (χ2v) is 23.0. The number of hydrogen-bond acceptors (Lipinski definition) is 4. The van der Waals surface area contributed by atoms with Crippen molar-refractivity contribution in [1.82, 2.24) is 9.78 Å². The van der Waals surface area contributed by atoms with E-state index in [-0.39, 0.29) is 6.09 Å². The zero-order chi connectivity index (χ0) is 15.1. The summed E-state index contributed by atoms with van der Waals surface area (Å²) in [6.45, 7) is 6.42. The molecule has 6 heteroatoms. The molecule has 0 saturated heterocycles. The van der Waals surface area contributed by atoms with Crippen molar-refractivity contribution in [3.05, 3.63) is 11.8 Å². The van der Waals surface area contributed by atoms with Crippen molar-refractivity contribution >= 4 is 48.9 Å². The summed E-state index contributed by atoms with van der Waals surface area (Å²) in [6, 6.07) is 2.15. The molecule has 4 nitrogen and oxygen atoms in total. The fraction of sp³-hybridized carbons (Fsp3) is 0.571. The van der Waals surface area contributed by atoms with Crippen LogP contribution in [0, 0.1) is 12.8 Å². The standard InChI is InChI=1S/C11H13N2O2S.3CH3.Sn/c1-7(2)6-15-11(14)13-9-4-5-16-10(9)8(3)12-13;;;;/h4,7H,6H2,1-3H3;3*1H3;. The molecule has 0 amide bonds. The Balaban J connectivity index is 2.39. The van der Waals surface area contributed by atoms with Crippen molar-refractivity contribution in [1.29, 1.82) is 0 Å². The summed E-state index contributed by atoms with van der Waals surface area (Å²) in [5, 5.41) is 4.33. The molecule has 0 bridgehead atoms. The van der Waals surface area contributed by atoms with E-state index in [0.717, 1.165) is 15.9 Å². The van der Waals surface area contributed by atoms with Gasteiger partial charge in [0.15, 0.2) is 0 Å². The van der Waals surface area contributed by atoms with Crippen LogP contribution in [-0.4, -0.2) is 40.9 Å². The molecule has 0 saturated carbocycles. The molecule has 0 radical (unpaired) electrons. The van der Waals surface area contributed by atoms with Gasteiger partial charge in [-0.15, -0.1) is 0 Å². The molecule has 110 valence electrons. The molecule has 2 heterocycles. The van der Waals surface area contributed by atoms with Crippen LogP contribution in [0.25, 0.3) is 10.2 Å². The van der Waals surface area contributed by atoms with Gasteiger partial charge in [0.25, 0.3) is 0 Å². The third-order valence-corrected chi connectivity index (χ3v) is 13.6. The SMILES string of the molecule is Cc1nn(C(=O)OCC(C)C)c2c[c]([Sn]([CH3])([CH3])[CH3])sc12. The maximum absolute atomic E-state index is 12.1. The van der Waals surface area contributed by atoms with E-state index in [1.807, 2.05) is 20.8 Å². The van der Waals surface area contributed by atoms with Crippen molar-refractivity contribution < 1.29 is 9.53 Å². The van der Waals surface area contributed by atoms with E-state index in [1.54, 1.807) is 11.3 Å². The van der Waals surface area contributed by atoms with Gasteiger partial charge < -0.3 is 0 Å². The van der Waals surface area contributed by atoms with Gasteiger partial charge in [-0.1, -0.05) is 0 Å². The van der Waals surface area contributed by atoms with Crippen molar-refractivity contribution in [2.45, 2.75) is 35.6 Å². The number of hydrogen-bond donors (Lipinski definition) is 0. The Morgan fingerprint density at radius 3 is 2.65 bits per heavy atom. The first kappa shape index (κ1) is 15.8. The topological polar surface area (TPSA) is 44.1 Å². The summed E-state index contributed by atoms with van der Waals surface area (Å²) >= 11 is -0.316. The number of aryl methyl sites for hydroxylation is 1. The van der Waals surface area contributed by atoms with Crippen LogP contribution in [0.4, 0.5) is 4.79 Å². The number of carbonyl (C=O) groups excluding carboxylic acids is 1. The van der Waals surface area contributed by atoms with Gasteiger partial charge in [0.05, 0.1) is 0 Å². The fourth-order valence-corrected chi connectivity index (χ4v) is 8.11. The fourth-order valence-electron chi connectivity index (χ4n) is 1.86. The summed E-state index contributed by atoms with van der Waals surface area (Å²) in [5.41, 5.74) is 1.82. The molecule has 0 N–H and O–H groups in total. The molecule has 2 aromatic heterocycles. The second kappa shape index (κ2) is 5.67. The number of carbonyl (C=O) groups is 1. The van der Waals surface area contributed by atoms with Crippen LogP contribution in [0.3, 0.4) is 0 Å². The molecule has 0 spiro atoms. The number of ether oxygens (including phenoxy) is 1.